The molecular weight excluding hydrogens is 272 g/mol. The number of nitrogens with two attached hydrogens (primary N) is 1. The normalized spacial score (nSPS) is 18.4. The lowest BCUT2D eigenvalue weighted by Crippen LogP contribution is -2.40. The summed E-state index contributed by atoms with van der Waals surface area (Å²) in [5, 5.41) is 9.00. The Kier molecular flexibility index (Phi) is 3.46. The number of nitrogens with zero attached hydrogens (tertiary/aromatic N) is 1. The molecule has 3 nitrogen and oxygen atoms in total. The van der Waals surface area contributed by atoms with Crippen LogP contribution >= 0.6 is 0 Å². The van der Waals surface area contributed by atoms with Gasteiger partial charge in [-0.15, -0.1) is 0 Å². The highest BCUT2D eigenvalue weighted by Crippen LogP contribution is 2.51. The molecule has 1 atom stereocenters. The van der Waals surface area contributed by atoms with Crippen LogP contribution in [0.5, 0.6) is 0 Å². The molecule has 0 spiro atoms. The summed E-state index contributed by atoms with van der Waals surface area (Å²) in [6.45, 7) is 2.11. The number of primary amides is 1. The lowest BCUT2D eigenvalue weighted by atomic mass is 9.74. The number of hydrogen-bond acceptors (Lipinski definition) is 2. The highest BCUT2D eigenvalue weighted by atomic mass is 16.1. The lowest BCUT2D eigenvalue weighted by molar-refractivity contribution is -0.122. The van der Waals surface area contributed by atoms with Crippen LogP contribution in [-0.2, 0) is 16.6 Å². The number of carbonyl (C=O) groups is 1. The Bertz CT molecular complexity index is 788. The molecule has 0 heterocycles. The fourth-order valence-corrected chi connectivity index (χ4v) is 3.54. The molecule has 110 valence electrons. The smallest absolute Gasteiger partial charge is 0.232 e. The van der Waals surface area contributed by atoms with Gasteiger partial charge in [0.25, 0.3) is 0 Å². The van der Waals surface area contributed by atoms with Crippen molar-refractivity contribution in [1.82, 2.24) is 0 Å². The van der Waals surface area contributed by atoms with Gasteiger partial charge in [-0.1, -0.05) is 49.4 Å². The van der Waals surface area contributed by atoms with Crippen LogP contribution < -0.4 is 5.73 Å². The molecule has 2 N–H and O–H groups in total. The summed E-state index contributed by atoms with van der Waals surface area (Å²) in [5.41, 5.74) is 10.2. The molecule has 2 aromatic rings. The Labute approximate surface area is 130 Å². The van der Waals surface area contributed by atoms with E-state index in [0.717, 1.165) is 28.7 Å². The fraction of sp³-hybridized carbons (Fsp3) is 0.263. The third-order valence-corrected chi connectivity index (χ3v) is 4.66. The second-order valence-electron chi connectivity index (χ2n) is 5.71. The topological polar surface area (TPSA) is 66.9 Å². The van der Waals surface area contributed by atoms with Crippen molar-refractivity contribution in [2.75, 3.05) is 0 Å². The van der Waals surface area contributed by atoms with Crippen molar-refractivity contribution in [3.63, 3.8) is 0 Å². The molecule has 0 aromatic heterocycles. The van der Waals surface area contributed by atoms with E-state index in [1.165, 1.54) is 5.56 Å². The number of rotatable bonds is 4. The first-order valence-electron chi connectivity index (χ1n) is 7.55. The molecule has 1 aliphatic rings. The predicted molar refractivity (Wildman–Crippen MR) is 86.1 cm³/mol. The summed E-state index contributed by atoms with van der Waals surface area (Å²) < 4.78 is 0. The van der Waals surface area contributed by atoms with Crippen LogP contribution in [0.3, 0.4) is 0 Å². The van der Waals surface area contributed by atoms with Crippen molar-refractivity contribution in [1.29, 1.82) is 5.26 Å². The zero-order chi connectivity index (χ0) is 15.7. The molecule has 3 heteroatoms. The molecular formula is C19H18N2O. The fourth-order valence-electron chi connectivity index (χ4n) is 3.54. The van der Waals surface area contributed by atoms with Gasteiger partial charge in [-0.25, -0.2) is 0 Å². The van der Waals surface area contributed by atoms with E-state index in [4.69, 9.17) is 11.0 Å². The summed E-state index contributed by atoms with van der Waals surface area (Å²) in [5.74, 6) is -0.377. The van der Waals surface area contributed by atoms with Crippen molar-refractivity contribution in [3.8, 4) is 17.2 Å². The van der Waals surface area contributed by atoms with E-state index < -0.39 is 5.41 Å². The maximum atomic E-state index is 12.4. The first-order chi connectivity index (χ1) is 10.6. The number of carbonyl (C=O) groups excluding carboxylic acids is 1. The van der Waals surface area contributed by atoms with Crippen LogP contribution in [0.25, 0.3) is 11.1 Å². The summed E-state index contributed by atoms with van der Waals surface area (Å²) in [7, 11) is 0. The molecule has 2 aromatic carbocycles. The van der Waals surface area contributed by atoms with Crippen LogP contribution in [0.4, 0.5) is 0 Å². The first-order valence-corrected chi connectivity index (χ1v) is 7.55. The van der Waals surface area contributed by atoms with Crippen molar-refractivity contribution < 1.29 is 4.79 Å². The number of amides is 1. The van der Waals surface area contributed by atoms with Crippen molar-refractivity contribution in [3.05, 3.63) is 59.2 Å². The van der Waals surface area contributed by atoms with Gasteiger partial charge in [0.15, 0.2) is 0 Å². The van der Waals surface area contributed by atoms with Crippen molar-refractivity contribution >= 4 is 5.91 Å². The molecule has 0 fully saturated rings. The lowest BCUT2D eigenvalue weighted by Gasteiger charge is -2.27. The van der Waals surface area contributed by atoms with Gasteiger partial charge >= 0.3 is 0 Å². The van der Waals surface area contributed by atoms with Crippen LogP contribution in [0.1, 0.15) is 36.5 Å². The van der Waals surface area contributed by atoms with Gasteiger partial charge in [-0.3, -0.25) is 4.79 Å². The molecule has 0 saturated heterocycles. The maximum Gasteiger partial charge on any atom is 0.232 e. The van der Waals surface area contributed by atoms with E-state index in [1.807, 2.05) is 30.3 Å². The van der Waals surface area contributed by atoms with Crippen LogP contribution in [0, 0.1) is 11.3 Å². The van der Waals surface area contributed by atoms with Gasteiger partial charge < -0.3 is 5.73 Å². The molecule has 0 saturated carbocycles. The zero-order valence-corrected chi connectivity index (χ0v) is 12.6. The minimum absolute atomic E-state index is 0.298. The van der Waals surface area contributed by atoms with E-state index >= 15 is 0 Å². The monoisotopic (exact) mass is 290 g/mol. The third kappa shape index (κ3) is 1.84. The second kappa shape index (κ2) is 5.31. The van der Waals surface area contributed by atoms with E-state index in [-0.39, 0.29) is 5.91 Å². The summed E-state index contributed by atoms with van der Waals surface area (Å²) in [4.78, 5) is 12.4. The van der Waals surface area contributed by atoms with Crippen LogP contribution in [0.2, 0.25) is 0 Å². The molecule has 0 radical (unpaired) electrons. The summed E-state index contributed by atoms with van der Waals surface area (Å²) >= 11 is 0. The Morgan fingerprint density at radius 3 is 2.59 bits per heavy atom. The third-order valence-electron chi connectivity index (χ3n) is 4.66. The number of benzene rings is 2. The summed E-state index contributed by atoms with van der Waals surface area (Å²) in [6.07, 6.45) is 1.66. The van der Waals surface area contributed by atoms with Gasteiger partial charge in [0.05, 0.1) is 6.07 Å². The molecule has 1 amide bonds. The molecule has 1 aliphatic carbocycles. The average Bonchev–Trinajstić information content (AvgIpc) is 2.83. The van der Waals surface area contributed by atoms with E-state index in [2.05, 4.69) is 25.1 Å². The quantitative estimate of drug-likeness (QED) is 0.938. The molecule has 0 aliphatic heterocycles. The van der Waals surface area contributed by atoms with Gasteiger partial charge in [0.1, 0.15) is 5.41 Å². The number of hydrogen-bond donors (Lipinski definition) is 1. The van der Waals surface area contributed by atoms with Crippen LogP contribution in [0.15, 0.2) is 42.5 Å². The number of fused-ring (bicyclic) bond motifs is 3. The standard InChI is InChI=1S/C19H18N2O/c1-2-13-8-9-17-15(12-13)14-6-3-4-7-16(14)19(17,18(21)22)10-5-11-20/h3-4,6-9,12H,2,5,10H2,1H3,(H2,21,22). The SMILES string of the molecule is CCc1ccc2c(c1)-c1ccccc1C2(CCC#N)C(N)=O. The van der Waals surface area contributed by atoms with Gasteiger partial charge in [-0.05, 0) is 40.7 Å². The van der Waals surface area contributed by atoms with Crippen molar-refractivity contribution in [2.45, 2.75) is 31.6 Å². The van der Waals surface area contributed by atoms with E-state index in [0.29, 0.717) is 12.8 Å². The largest absolute Gasteiger partial charge is 0.369 e. The zero-order valence-electron chi connectivity index (χ0n) is 12.6. The van der Waals surface area contributed by atoms with E-state index in [9.17, 15) is 4.79 Å². The van der Waals surface area contributed by atoms with Gasteiger partial charge in [-0.2, -0.15) is 5.26 Å². The Morgan fingerprint density at radius 1 is 1.18 bits per heavy atom. The molecule has 1 unspecified atom stereocenters. The van der Waals surface area contributed by atoms with Crippen LogP contribution in [-0.4, -0.2) is 5.91 Å². The summed E-state index contributed by atoms with van der Waals surface area (Å²) in [6, 6.07) is 16.3. The average molecular weight is 290 g/mol. The van der Waals surface area contributed by atoms with Gasteiger partial charge in [0, 0.05) is 6.42 Å². The van der Waals surface area contributed by atoms with Gasteiger partial charge in [0.2, 0.25) is 5.91 Å². The first kappa shape index (κ1) is 14.3. The maximum absolute atomic E-state index is 12.4. The molecule has 0 bridgehead atoms. The number of nitriles is 1. The highest BCUT2D eigenvalue weighted by Gasteiger charge is 2.47. The van der Waals surface area contributed by atoms with E-state index in [1.54, 1.807) is 0 Å². The predicted octanol–water partition coefficient (Wildman–Crippen LogP) is 3.30. The Hall–Kier alpha value is -2.60. The second-order valence-corrected chi connectivity index (χ2v) is 5.71. The van der Waals surface area contributed by atoms with Crippen molar-refractivity contribution in [2.24, 2.45) is 5.73 Å². The minimum atomic E-state index is -0.881. The minimum Gasteiger partial charge on any atom is -0.369 e. The Balaban J connectivity index is 2.32. The Morgan fingerprint density at radius 2 is 1.91 bits per heavy atom. The molecule has 3 rings (SSSR count). The number of aryl methyl sites for hydroxylation is 1. The highest BCUT2D eigenvalue weighted by molar-refractivity contribution is 5.99. The molecule has 22 heavy (non-hydrogen) atoms.